The minimum atomic E-state index is -0.516. The van der Waals surface area contributed by atoms with Crippen LogP contribution in [0, 0.1) is 11.6 Å². The molecule has 0 fully saturated rings. The summed E-state index contributed by atoms with van der Waals surface area (Å²) in [6.45, 7) is 10.5. The fourth-order valence-electron chi connectivity index (χ4n) is 1.94. The van der Waals surface area contributed by atoms with Gasteiger partial charge in [-0.2, -0.15) is 0 Å². The van der Waals surface area contributed by atoms with Crippen molar-refractivity contribution in [3.05, 3.63) is 95.5 Å². The van der Waals surface area contributed by atoms with Crippen molar-refractivity contribution in [1.29, 1.82) is 0 Å². The summed E-state index contributed by atoms with van der Waals surface area (Å²) in [5, 5.41) is 1.12. The SMILES string of the molecule is C=CC(C)OCC(=O)N(C)OC.C=CC(C)OCC(=O)c1ccccc1F.Fc1ccccc1Br. The lowest BCUT2D eigenvalue weighted by molar-refractivity contribution is -0.174. The number of carbonyl (C=O) groups excluding carboxylic acids is 2. The first-order valence-electron chi connectivity index (χ1n) is 10.5. The summed E-state index contributed by atoms with van der Waals surface area (Å²) in [4.78, 5) is 27.2. The molecule has 9 heteroatoms. The number of hydrogen-bond donors (Lipinski definition) is 0. The summed E-state index contributed by atoms with van der Waals surface area (Å²) in [5.74, 6) is -1.31. The second kappa shape index (κ2) is 18.6. The Labute approximate surface area is 214 Å². The predicted molar refractivity (Wildman–Crippen MR) is 136 cm³/mol. The third-order valence-corrected chi connectivity index (χ3v) is 4.88. The number of rotatable bonds is 10. The molecule has 0 radical (unpaired) electrons. The Morgan fingerprint density at radius 2 is 1.43 bits per heavy atom. The molecule has 2 unspecified atom stereocenters. The van der Waals surface area contributed by atoms with Gasteiger partial charge < -0.3 is 9.47 Å². The molecule has 0 saturated carbocycles. The first-order valence-corrected chi connectivity index (χ1v) is 11.3. The Kier molecular flexibility index (Phi) is 17.1. The van der Waals surface area contributed by atoms with Gasteiger partial charge in [-0.15, -0.1) is 13.2 Å². The predicted octanol–water partition coefficient (Wildman–Crippen LogP) is 5.79. The Bertz CT molecular complexity index is 920. The van der Waals surface area contributed by atoms with Crippen LogP contribution in [0.1, 0.15) is 24.2 Å². The van der Waals surface area contributed by atoms with Crippen LogP contribution in [0.5, 0.6) is 0 Å². The van der Waals surface area contributed by atoms with E-state index in [9.17, 15) is 18.4 Å². The summed E-state index contributed by atoms with van der Waals surface area (Å²) in [5.41, 5.74) is 0.0637. The quantitative estimate of drug-likeness (QED) is 0.211. The Balaban J connectivity index is 0.000000518. The summed E-state index contributed by atoms with van der Waals surface area (Å²) in [7, 11) is 2.96. The molecular formula is C26H32BrF2NO5. The molecule has 0 spiro atoms. The van der Waals surface area contributed by atoms with Crippen molar-refractivity contribution in [3.8, 4) is 0 Å². The van der Waals surface area contributed by atoms with Crippen molar-refractivity contribution >= 4 is 27.6 Å². The molecule has 35 heavy (non-hydrogen) atoms. The lowest BCUT2D eigenvalue weighted by Gasteiger charge is -2.14. The van der Waals surface area contributed by atoms with Crippen LogP contribution in [0.4, 0.5) is 8.78 Å². The van der Waals surface area contributed by atoms with Crippen molar-refractivity contribution in [2.45, 2.75) is 26.1 Å². The highest BCUT2D eigenvalue weighted by atomic mass is 79.9. The van der Waals surface area contributed by atoms with Crippen molar-refractivity contribution in [2.24, 2.45) is 0 Å². The van der Waals surface area contributed by atoms with Gasteiger partial charge in [0, 0.05) is 7.05 Å². The molecule has 2 rings (SSSR count). The molecule has 0 saturated heterocycles. The minimum Gasteiger partial charge on any atom is -0.366 e. The van der Waals surface area contributed by atoms with E-state index in [1.807, 2.05) is 6.92 Å². The van der Waals surface area contributed by atoms with Crippen molar-refractivity contribution < 1.29 is 32.7 Å². The molecule has 0 aliphatic rings. The van der Waals surface area contributed by atoms with Crippen LogP contribution in [-0.4, -0.2) is 56.3 Å². The van der Waals surface area contributed by atoms with Gasteiger partial charge in [0.15, 0.2) is 5.78 Å². The first-order chi connectivity index (χ1) is 16.6. The van der Waals surface area contributed by atoms with Gasteiger partial charge in [0.1, 0.15) is 24.8 Å². The van der Waals surface area contributed by atoms with Crippen LogP contribution in [0.25, 0.3) is 0 Å². The summed E-state index contributed by atoms with van der Waals surface area (Å²) in [6, 6.07) is 12.4. The van der Waals surface area contributed by atoms with Gasteiger partial charge in [0.2, 0.25) is 0 Å². The van der Waals surface area contributed by atoms with Crippen LogP contribution in [0.15, 0.2) is 78.3 Å². The lowest BCUT2D eigenvalue weighted by atomic mass is 10.1. The van der Waals surface area contributed by atoms with E-state index in [-0.39, 0.29) is 48.5 Å². The number of ether oxygens (including phenoxy) is 2. The van der Waals surface area contributed by atoms with Gasteiger partial charge in [-0.1, -0.05) is 36.4 Å². The highest BCUT2D eigenvalue weighted by Crippen LogP contribution is 2.12. The number of ketones is 1. The molecule has 2 aromatic carbocycles. The average Bonchev–Trinajstić information content (AvgIpc) is 2.87. The van der Waals surface area contributed by atoms with Crippen LogP contribution in [0.3, 0.4) is 0 Å². The fraction of sp³-hybridized carbons (Fsp3) is 0.308. The summed E-state index contributed by atoms with van der Waals surface area (Å²) < 4.78 is 36.2. The van der Waals surface area contributed by atoms with Gasteiger partial charge >= 0.3 is 0 Å². The highest BCUT2D eigenvalue weighted by molar-refractivity contribution is 9.10. The molecule has 2 atom stereocenters. The number of amides is 1. The standard InChI is InChI=1S/C12H13FO2.C8H15NO3.C6H4BrF/c1-3-9(2)15-8-12(14)10-6-4-5-7-11(10)13;1-5-7(2)12-6-8(10)9(3)11-4;7-5-3-1-2-4-6(5)8/h3-7,9H,1,8H2,2H3;5,7H,1,6H2,2-4H3;1-4H. The number of carbonyl (C=O) groups is 2. The molecule has 6 nitrogen and oxygen atoms in total. The molecular weight excluding hydrogens is 524 g/mol. The van der Waals surface area contributed by atoms with Crippen molar-refractivity contribution in [1.82, 2.24) is 5.06 Å². The van der Waals surface area contributed by atoms with Gasteiger partial charge in [-0.3, -0.25) is 14.4 Å². The average molecular weight is 556 g/mol. The zero-order chi connectivity index (χ0) is 26.8. The third-order valence-electron chi connectivity index (χ3n) is 4.23. The molecule has 0 N–H and O–H groups in total. The molecule has 0 aromatic heterocycles. The normalized spacial score (nSPS) is 11.5. The number of likely N-dealkylation sites (N-methyl/N-ethyl adjacent to an activating group) is 1. The monoisotopic (exact) mass is 555 g/mol. The zero-order valence-electron chi connectivity index (χ0n) is 20.4. The topological polar surface area (TPSA) is 65.1 Å². The summed E-state index contributed by atoms with van der Waals surface area (Å²) >= 11 is 3.02. The maximum atomic E-state index is 13.1. The van der Waals surface area contributed by atoms with Crippen LogP contribution < -0.4 is 0 Å². The number of nitrogens with zero attached hydrogens (tertiary/aromatic N) is 1. The minimum absolute atomic E-state index is 0.0114. The van der Waals surface area contributed by atoms with Gasteiger partial charge in [-0.05, 0) is 54.0 Å². The van der Waals surface area contributed by atoms with Crippen molar-refractivity contribution in [2.75, 3.05) is 27.4 Å². The number of benzene rings is 2. The van der Waals surface area contributed by atoms with Crippen LogP contribution >= 0.6 is 15.9 Å². The van der Waals surface area contributed by atoms with E-state index in [1.54, 1.807) is 49.4 Å². The molecule has 1 amide bonds. The summed E-state index contributed by atoms with van der Waals surface area (Å²) in [6.07, 6.45) is 2.88. The lowest BCUT2D eigenvalue weighted by Crippen LogP contribution is -2.30. The third kappa shape index (κ3) is 14.3. The smallest absolute Gasteiger partial charge is 0.271 e. The second-order valence-corrected chi connectivity index (χ2v) is 7.75. The number of hydrogen-bond acceptors (Lipinski definition) is 5. The van der Waals surface area contributed by atoms with E-state index in [1.165, 1.54) is 32.4 Å². The maximum absolute atomic E-state index is 13.1. The number of halogens is 3. The van der Waals surface area contributed by atoms with Crippen molar-refractivity contribution in [3.63, 3.8) is 0 Å². The van der Waals surface area contributed by atoms with E-state index in [2.05, 4.69) is 33.9 Å². The Morgan fingerprint density at radius 3 is 1.86 bits per heavy atom. The molecule has 2 aromatic rings. The Hall–Kier alpha value is -2.72. The molecule has 0 aliphatic heterocycles. The van der Waals surface area contributed by atoms with Crippen LogP contribution in [0.2, 0.25) is 0 Å². The fourth-order valence-corrected chi connectivity index (χ4v) is 2.23. The van der Waals surface area contributed by atoms with Gasteiger partial charge in [0.05, 0.1) is 29.4 Å². The van der Waals surface area contributed by atoms with E-state index in [0.717, 1.165) is 5.06 Å². The molecule has 0 aliphatic carbocycles. The maximum Gasteiger partial charge on any atom is 0.271 e. The number of Topliss-reactive ketones (excluding diaryl/α,β-unsaturated/α-hetero) is 1. The highest BCUT2D eigenvalue weighted by Gasteiger charge is 2.11. The second-order valence-electron chi connectivity index (χ2n) is 6.89. The first kappa shape index (κ1) is 32.3. The van der Waals surface area contributed by atoms with E-state index in [4.69, 9.17) is 9.47 Å². The van der Waals surface area contributed by atoms with E-state index >= 15 is 0 Å². The van der Waals surface area contributed by atoms with Crippen LogP contribution in [-0.2, 0) is 19.1 Å². The Morgan fingerprint density at radius 1 is 0.943 bits per heavy atom. The van der Waals surface area contributed by atoms with Gasteiger partial charge in [0.25, 0.3) is 5.91 Å². The molecule has 0 bridgehead atoms. The molecule has 192 valence electrons. The van der Waals surface area contributed by atoms with Gasteiger partial charge in [-0.25, -0.2) is 13.8 Å². The zero-order valence-corrected chi connectivity index (χ0v) is 22.0. The molecule has 0 heterocycles. The largest absolute Gasteiger partial charge is 0.366 e. The van der Waals surface area contributed by atoms with E-state index < -0.39 is 5.82 Å². The number of hydroxylamine groups is 2. The van der Waals surface area contributed by atoms with E-state index in [0.29, 0.717) is 4.47 Å².